The molecule has 2 aromatic rings. The lowest BCUT2D eigenvalue weighted by Crippen LogP contribution is -2.52. The molecule has 0 unspecified atom stereocenters. The molecule has 1 aliphatic heterocycles. The van der Waals surface area contributed by atoms with Crippen molar-refractivity contribution < 1.29 is 19.4 Å². The van der Waals surface area contributed by atoms with Crippen LogP contribution in [-0.4, -0.2) is 83.7 Å². The molecule has 0 aliphatic carbocycles. The van der Waals surface area contributed by atoms with Gasteiger partial charge in [0.15, 0.2) is 0 Å². The molecule has 2 amide bonds. The van der Waals surface area contributed by atoms with E-state index >= 15 is 0 Å². The highest BCUT2D eigenvalue weighted by Crippen LogP contribution is 2.27. The average molecular weight is 461 g/mol. The van der Waals surface area contributed by atoms with Crippen LogP contribution < -0.4 is 5.32 Å². The zero-order valence-corrected chi connectivity index (χ0v) is 19.9. The third kappa shape index (κ3) is 5.72. The second-order valence-electron chi connectivity index (χ2n) is 8.23. The lowest BCUT2D eigenvalue weighted by Gasteiger charge is -2.30. The smallest absolute Gasteiger partial charge is 0.243 e. The van der Waals surface area contributed by atoms with Gasteiger partial charge in [-0.2, -0.15) is 0 Å². The zero-order valence-electron chi connectivity index (χ0n) is 19.1. The van der Waals surface area contributed by atoms with E-state index in [1.165, 1.54) is 4.90 Å². The number of rotatable bonds is 9. The van der Waals surface area contributed by atoms with Crippen molar-refractivity contribution in [3.63, 3.8) is 0 Å². The number of hydrogen-bond acceptors (Lipinski definition) is 7. The summed E-state index contributed by atoms with van der Waals surface area (Å²) < 4.78 is 5.08. The van der Waals surface area contributed by atoms with Gasteiger partial charge in [0, 0.05) is 33.2 Å². The van der Waals surface area contributed by atoms with Crippen LogP contribution >= 0.6 is 11.3 Å². The summed E-state index contributed by atoms with van der Waals surface area (Å²) in [6, 6.07) is 6.93. The van der Waals surface area contributed by atoms with Crippen molar-refractivity contribution >= 4 is 23.2 Å². The molecule has 1 aromatic heterocycles. The standard InChI is InChI=1S/C23H32N4O4S/c1-15-21(32-14-25-15)18-7-5-17(6-8-18)12-24-22(29)20-11-19(28)13-27(20)23(30)16(2)26(3)9-10-31-4/h5-8,14,16,19-20,28H,9-13H2,1-4H3,(H,24,29)/t16-,19+,20-/m0/s1. The van der Waals surface area contributed by atoms with Gasteiger partial charge in [-0.25, -0.2) is 4.98 Å². The van der Waals surface area contributed by atoms with E-state index in [0.717, 1.165) is 21.7 Å². The van der Waals surface area contributed by atoms with E-state index in [-0.39, 0.29) is 24.8 Å². The minimum atomic E-state index is -0.701. The van der Waals surface area contributed by atoms with Crippen molar-refractivity contribution in [3.8, 4) is 10.4 Å². The second kappa shape index (κ2) is 11.0. The Morgan fingerprint density at radius 2 is 2.09 bits per heavy atom. The summed E-state index contributed by atoms with van der Waals surface area (Å²) in [5.74, 6) is -0.409. The van der Waals surface area contributed by atoms with Crippen LogP contribution in [0, 0.1) is 6.92 Å². The van der Waals surface area contributed by atoms with E-state index in [1.54, 1.807) is 18.4 Å². The summed E-state index contributed by atoms with van der Waals surface area (Å²) in [5, 5.41) is 13.1. The number of thiazole rings is 1. The summed E-state index contributed by atoms with van der Waals surface area (Å²) in [6.07, 6.45) is -0.455. The van der Waals surface area contributed by atoms with Gasteiger partial charge in [0.1, 0.15) is 6.04 Å². The number of aryl methyl sites for hydroxylation is 1. The molecule has 1 saturated heterocycles. The Hall–Kier alpha value is -2.33. The fourth-order valence-corrected chi connectivity index (χ4v) is 4.63. The molecule has 9 heteroatoms. The SMILES string of the molecule is COCCN(C)[C@@H](C)C(=O)N1C[C@H](O)C[C@H]1C(=O)NCc1ccc(-c2scnc2C)cc1. The molecule has 1 fully saturated rings. The Morgan fingerprint density at radius 3 is 2.72 bits per heavy atom. The second-order valence-corrected chi connectivity index (χ2v) is 9.08. The number of nitrogens with one attached hydrogen (secondary N) is 1. The third-order valence-electron chi connectivity index (χ3n) is 5.96. The molecule has 0 saturated carbocycles. The Kier molecular flexibility index (Phi) is 8.36. The number of carbonyl (C=O) groups is 2. The summed E-state index contributed by atoms with van der Waals surface area (Å²) in [5.41, 5.74) is 4.90. The van der Waals surface area contributed by atoms with Crippen molar-refractivity contribution in [1.82, 2.24) is 20.1 Å². The molecule has 32 heavy (non-hydrogen) atoms. The number of aliphatic hydroxyl groups excluding tert-OH is 1. The van der Waals surface area contributed by atoms with E-state index in [2.05, 4.69) is 10.3 Å². The molecule has 0 spiro atoms. The number of carbonyl (C=O) groups excluding carboxylic acids is 2. The predicted molar refractivity (Wildman–Crippen MR) is 124 cm³/mol. The van der Waals surface area contributed by atoms with E-state index in [9.17, 15) is 14.7 Å². The number of ether oxygens (including phenoxy) is 1. The van der Waals surface area contributed by atoms with Gasteiger partial charge >= 0.3 is 0 Å². The van der Waals surface area contributed by atoms with Crippen LogP contribution in [0.15, 0.2) is 29.8 Å². The van der Waals surface area contributed by atoms with E-state index in [1.807, 2.05) is 55.6 Å². The number of nitrogens with zero attached hydrogens (tertiary/aromatic N) is 3. The predicted octanol–water partition coefficient (Wildman–Crippen LogP) is 1.66. The molecular weight excluding hydrogens is 428 g/mol. The van der Waals surface area contributed by atoms with Gasteiger partial charge in [-0.15, -0.1) is 11.3 Å². The Morgan fingerprint density at radius 1 is 1.38 bits per heavy atom. The fourth-order valence-electron chi connectivity index (χ4n) is 3.82. The molecule has 1 aliphatic rings. The third-order valence-corrected chi connectivity index (χ3v) is 6.94. The van der Waals surface area contributed by atoms with Gasteiger partial charge in [0.25, 0.3) is 0 Å². The van der Waals surface area contributed by atoms with Crippen molar-refractivity contribution in [2.75, 3.05) is 33.9 Å². The summed E-state index contributed by atoms with van der Waals surface area (Å²) in [7, 11) is 3.46. The normalized spacial score (nSPS) is 19.4. The molecule has 1 aromatic carbocycles. The Bertz CT molecular complexity index is 917. The maximum absolute atomic E-state index is 13.0. The van der Waals surface area contributed by atoms with E-state index in [4.69, 9.17) is 4.74 Å². The monoisotopic (exact) mass is 460 g/mol. The molecule has 3 atom stereocenters. The molecule has 8 nitrogen and oxygen atoms in total. The first-order chi connectivity index (χ1) is 15.3. The molecule has 3 rings (SSSR count). The number of β-amino-alcohol motifs (C(OH)–C–C–N with tert-alkyl or cyclic N) is 1. The largest absolute Gasteiger partial charge is 0.391 e. The number of amides is 2. The number of likely N-dealkylation sites (N-methyl/N-ethyl adjacent to an activating group) is 1. The maximum atomic E-state index is 13.0. The van der Waals surface area contributed by atoms with Crippen LogP contribution in [0.4, 0.5) is 0 Å². The summed E-state index contributed by atoms with van der Waals surface area (Å²) in [4.78, 5) is 34.7. The van der Waals surface area contributed by atoms with Crippen LogP contribution in [0.1, 0.15) is 24.6 Å². The summed E-state index contributed by atoms with van der Waals surface area (Å²) >= 11 is 1.60. The van der Waals surface area contributed by atoms with Crippen molar-refractivity contribution in [3.05, 3.63) is 41.0 Å². The van der Waals surface area contributed by atoms with E-state index in [0.29, 0.717) is 19.7 Å². The number of benzene rings is 1. The minimum Gasteiger partial charge on any atom is -0.391 e. The van der Waals surface area contributed by atoms with Crippen LogP contribution in [0.2, 0.25) is 0 Å². The van der Waals surface area contributed by atoms with Crippen LogP contribution in [0.25, 0.3) is 10.4 Å². The first-order valence-corrected chi connectivity index (χ1v) is 11.6. The Balaban J connectivity index is 1.59. The number of methoxy groups -OCH3 is 1. The highest BCUT2D eigenvalue weighted by atomic mass is 32.1. The topological polar surface area (TPSA) is 95.0 Å². The molecule has 0 bridgehead atoms. The van der Waals surface area contributed by atoms with Gasteiger partial charge < -0.3 is 20.1 Å². The average Bonchev–Trinajstić information content (AvgIpc) is 3.40. The maximum Gasteiger partial charge on any atom is 0.243 e. The molecule has 174 valence electrons. The summed E-state index contributed by atoms with van der Waals surface area (Å²) in [6.45, 7) is 5.44. The Labute approximate surface area is 193 Å². The first kappa shape index (κ1) is 24.3. The number of aliphatic hydroxyl groups is 1. The number of aromatic nitrogens is 1. The van der Waals surface area contributed by atoms with E-state index < -0.39 is 18.2 Å². The highest BCUT2D eigenvalue weighted by molar-refractivity contribution is 7.13. The van der Waals surface area contributed by atoms with Gasteiger partial charge in [-0.05, 0) is 32.0 Å². The van der Waals surface area contributed by atoms with Gasteiger partial charge in [-0.1, -0.05) is 24.3 Å². The van der Waals surface area contributed by atoms with Crippen LogP contribution in [-0.2, 0) is 20.9 Å². The minimum absolute atomic E-state index is 0.162. The fraction of sp³-hybridized carbons (Fsp3) is 0.522. The first-order valence-electron chi connectivity index (χ1n) is 10.8. The van der Waals surface area contributed by atoms with Gasteiger partial charge in [0.2, 0.25) is 11.8 Å². The van der Waals surface area contributed by atoms with Gasteiger partial charge in [0.05, 0.1) is 34.8 Å². The number of hydrogen-bond donors (Lipinski definition) is 2. The lowest BCUT2D eigenvalue weighted by molar-refractivity contribution is -0.142. The molecule has 2 heterocycles. The molecule has 2 N–H and O–H groups in total. The van der Waals surface area contributed by atoms with Crippen molar-refractivity contribution in [1.29, 1.82) is 0 Å². The van der Waals surface area contributed by atoms with Crippen LogP contribution in [0.5, 0.6) is 0 Å². The molecule has 0 radical (unpaired) electrons. The number of likely N-dealkylation sites (tertiary alicyclic amines) is 1. The zero-order chi connectivity index (χ0) is 23.3. The molecular formula is C23H32N4O4S. The van der Waals surface area contributed by atoms with Crippen molar-refractivity contribution in [2.24, 2.45) is 0 Å². The quantitative estimate of drug-likeness (QED) is 0.591. The van der Waals surface area contributed by atoms with Crippen molar-refractivity contribution in [2.45, 2.75) is 45.0 Å². The van der Waals surface area contributed by atoms with Crippen LogP contribution in [0.3, 0.4) is 0 Å². The highest BCUT2D eigenvalue weighted by Gasteiger charge is 2.40. The van der Waals surface area contributed by atoms with Gasteiger partial charge in [-0.3, -0.25) is 14.5 Å². The lowest BCUT2D eigenvalue weighted by atomic mass is 10.1.